The smallest absolute Gasteiger partial charge is 0.417 e. The molecule has 1 aromatic carbocycles. The predicted molar refractivity (Wildman–Crippen MR) is 75.9 cm³/mol. The maximum atomic E-state index is 13.1. The molecule has 1 amide bonds. The van der Waals surface area contributed by atoms with Crippen LogP contribution in [0.5, 0.6) is 5.88 Å². The van der Waals surface area contributed by atoms with Crippen molar-refractivity contribution in [2.75, 3.05) is 13.1 Å². The van der Waals surface area contributed by atoms with E-state index in [1.165, 1.54) is 11.0 Å². The predicted octanol–water partition coefficient (Wildman–Crippen LogP) is 3.28. The molecule has 2 heterocycles. The van der Waals surface area contributed by atoms with E-state index in [-0.39, 0.29) is 24.5 Å². The number of ether oxygens (including phenoxy) is 1. The molecule has 1 aliphatic rings. The Labute approximate surface area is 138 Å². The second kappa shape index (κ2) is 6.30. The van der Waals surface area contributed by atoms with Gasteiger partial charge < -0.3 is 9.64 Å². The molecular weight excluding hydrogens is 347 g/mol. The number of benzene rings is 1. The lowest BCUT2D eigenvalue weighted by atomic mass is 10.1. The average molecular weight is 358 g/mol. The van der Waals surface area contributed by atoms with Crippen molar-refractivity contribution < 1.29 is 31.5 Å². The fraction of sp³-hybridized carbons (Fsp3) is 0.250. The van der Waals surface area contributed by atoms with Gasteiger partial charge in [-0.25, -0.2) is 13.8 Å². The van der Waals surface area contributed by atoms with E-state index in [0.717, 1.165) is 24.3 Å². The minimum atomic E-state index is -4.48. The summed E-state index contributed by atoms with van der Waals surface area (Å²) in [5.74, 6) is -2.64. The first-order valence-corrected chi connectivity index (χ1v) is 7.18. The van der Waals surface area contributed by atoms with Gasteiger partial charge in [0.2, 0.25) is 5.88 Å². The molecule has 0 atom stereocenters. The molecule has 1 saturated heterocycles. The van der Waals surface area contributed by atoms with Crippen LogP contribution in [0, 0.1) is 11.6 Å². The molecule has 9 heteroatoms. The number of hydrogen-bond acceptors (Lipinski definition) is 3. The number of carbonyl (C=O) groups is 1. The number of nitrogens with zero attached hydrogens (tertiary/aromatic N) is 2. The number of likely N-dealkylation sites (tertiary alicyclic amines) is 1. The molecule has 0 N–H and O–H groups in total. The van der Waals surface area contributed by atoms with Crippen LogP contribution in [-0.2, 0) is 6.18 Å². The summed E-state index contributed by atoms with van der Waals surface area (Å²) >= 11 is 0. The normalized spacial score (nSPS) is 15.0. The largest absolute Gasteiger partial charge is 0.471 e. The second-order valence-corrected chi connectivity index (χ2v) is 5.46. The molecule has 4 nitrogen and oxygen atoms in total. The third-order valence-electron chi connectivity index (χ3n) is 3.65. The van der Waals surface area contributed by atoms with Crippen molar-refractivity contribution in [2.24, 2.45) is 0 Å². The summed E-state index contributed by atoms with van der Waals surface area (Å²) in [6.07, 6.45) is -4.24. The van der Waals surface area contributed by atoms with Gasteiger partial charge in [0.1, 0.15) is 6.10 Å². The van der Waals surface area contributed by atoms with Gasteiger partial charge in [-0.3, -0.25) is 4.79 Å². The van der Waals surface area contributed by atoms with Crippen LogP contribution in [0.1, 0.15) is 15.9 Å². The SMILES string of the molecule is O=C(c1ccc(F)c(F)c1)N1CC(Oc2ccc(C(F)(F)F)cn2)C1. The Bertz CT molecular complexity index is 786. The highest BCUT2D eigenvalue weighted by Crippen LogP contribution is 2.29. The first kappa shape index (κ1) is 17.1. The first-order chi connectivity index (χ1) is 11.7. The Morgan fingerprint density at radius 3 is 2.40 bits per heavy atom. The lowest BCUT2D eigenvalue weighted by Crippen LogP contribution is -2.56. The fourth-order valence-electron chi connectivity index (χ4n) is 2.28. The molecule has 0 unspecified atom stereocenters. The Hall–Kier alpha value is -2.71. The Kier molecular flexibility index (Phi) is 4.32. The van der Waals surface area contributed by atoms with E-state index < -0.39 is 35.4 Å². The summed E-state index contributed by atoms with van der Waals surface area (Å²) < 4.78 is 68.7. The van der Waals surface area contributed by atoms with Crippen LogP contribution < -0.4 is 4.74 Å². The van der Waals surface area contributed by atoms with E-state index in [9.17, 15) is 26.7 Å². The average Bonchev–Trinajstić information content (AvgIpc) is 2.52. The van der Waals surface area contributed by atoms with Crippen LogP contribution in [0.2, 0.25) is 0 Å². The summed E-state index contributed by atoms with van der Waals surface area (Å²) in [6, 6.07) is 4.80. The molecule has 1 aromatic heterocycles. The maximum absolute atomic E-state index is 13.1. The van der Waals surface area contributed by atoms with Crippen LogP contribution in [0.25, 0.3) is 0 Å². The summed E-state index contributed by atoms with van der Waals surface area (Å²) in [6.45, 7) is 0.334. The van der Waals surface area contributed by atoms with Gasteiger partial charge in [0.15, 0.2) is 11.6 Å². The van der Waals surface area contributed by atoms with E-state index in [1.807, 2.05) is 0 Å². The van der Waals surface area contributed by atoms with Gasteiger partial charge in [0.25, 0.3) is 5.91 Å². The van der Waals surface area contributed by atoms with E-state index in [0.29, 0.717) is 6.20 Å². The number of halogens is 5. The number of rotatable bonds is 3. The highest BCUT2D eigenvalue weighted by atomic mass is 19.4. The molecule has 3 rings (SSSR count). The zero-order valence-corrected chi connectivity index (χ0v) is 12.6. The molecule has 0 radical (unpaired) electrons. The van der Waals surface area contributed by atoms with Gasteiger partial charge in [0, 0.05) is 17.8 Å². The second-order valence-electron chi connectivity index (χ2n) is 5.46. The zero-order valence-electron chi connectivity index (χ0n) is 12.6. The quantitative estimate of drug-likeness (QED) is 0.791. The molecule has 0 aliphatic carbocycles. The summed E-state index contributed by atoms with van der Waals surface area (Å²) in [5, 5.41) is 0. The molecule has 0 saturated carbocycles. The summed E-state index contributed by atoms with van der Waals surface area (Å²) in [4.78, 5) is 17.0. The lowest BCUT2D eigenvalue weighted by molar-refractivity contribution is -0.137. The molecule has 0 spiro atoms. The minimum absolute atomic E-state index is 0.00463. The number of carbonyl (C=O) groups excluding carboxylic acids is 1. The Balaban J connectivity index is 1.55. The van der Waals surface area contributed by atoms with Crippen molar-refractivity contribution in [3.05, 3.63) is 59.3 Å². The molecular formula is C16H11F5N2O2. The van der Waals surface area contributed by atoms with Gasteiger partial charge in [-0.15, -0.1) is 0 Å². The highest BCUT2D eigenvalue weighted by Gasteiger charge is 2.34. The number of aromatic nitrogens is 1. The summed E-state index contributed by atoms with van der Waals surface area (Å²) in [7, 11) is 0. The minimum Gasteiger partial charge on any atom is -0.471 e. The maximum Gasteiger partial charge on any atom is 0.417 e. The van der Waals surface area contributed by atoms with E-state index >= 15 is 0 Å². The van der Waals surface area contributed by atoms with Crippen molar-refractivity contribution in [1.29, 1.82) is 0 Å². The van der Waals surface area contributed by atoms with Crippen LogP contribution >= 0.6 is 0 Å². The Morgan fingerprint density at radius 2 is 1.84 bits per heavy atom. The van der Waals surface area contributed by atoms with Gasteiger partial charge in [-0.05, 0) is 24.3 Å². The molecule has 1 fully saturated rings. The molecule has 0 bridgehead atoms. The zero-order chi connectivity index (χ0) is 18.2. The fourth-order valence-corrected chi connectivity index (χ4v) is 2.28. The third-order valence-corrected chi connectivity index (χ3v) is 3.65. The first-order valence-electron chi connectivity index (χ1n) is 7.18. The van der Waals surface area contributed by atoms with Crippen LogP contribution in [-0.4, -0.2) is 35.0 Å². The van der Waals surface area contributed by atoms with Gasteiger partial charge >= 0.3 is 6.18 Å². The monoisotopic (exact) mass is 358 g/mol. The van der Waals surface area contributed by atoms with Crippen molar-refractivity contribution >= 4 is 5.91 Å². The van der Waals surface area contributed by atoms with E-state index in [1.54, 1.807) is 0 Å². The van der Waals surface area contributed by atoms with Crippen molar-refractivity contribution in [2.45, 2.75) is 12.3 Å². The summed E-state index contributed by atoms with van der Waals surface area (Å²) in [5.41, 5.74) is -0.881. The van der Waals surface area contributed by atoms with Crippen LogP contribution in [0.4, 0.5) is 22.0 Å². The van der Waals surface area contributed by atoms with Gasteiger partial charge in [-0.2, -0.15) is 13.2 Å². The number of pyridine rings is 1. The molecule has 2 aromatic rings. The van der Waals surface area contributed by atoms with E-state index in [2.05, 4.69) is 4.98 Å². The van der Waals surface area contributed by atoms with Gasteiger partial charge in [-0.1, -0.05) is 0 Å². The van der Waals surface area contributed by atoms with Crippen LogP contribution in [0.3, 0.4) is 0 Å². The number of amides is 1. The number of alkyl halides is 3. The third kappa shape index (κ3) is 3.70. The van der Waals surface area contributed by atoms with E-state index in [4.69, 9.17) is 4.74 Å². The molecule has 25 heavy (non-hydrogen) atoms. The van der Waals surface area contributed by atoms with Crippen molar-refractivity contribution in [3.8, 4) is 5.88 Å². The van der Waals surface area contributed by atoms with Crippen molar-refractivity contribution in [3.63, 3.8) is 0 Å². The standard InChI is InChI=1S/C16H11F5N2O2/c17-12-3-1-9(5-13(12)18)15(24)23-7-11(8-23)25-14-4-2-10(6-22-14)16(19,20)21/h1-6,11H,7-8H2. The number of hydrogen-bond donors (Lipinski definition) is 0. The lowest BCUT2D eigenvalue weighted by Gasteiger charge is -2.38. The molecule has 132 valence electrons. The molecule has 1 aliphatic heterocycles. The van der Waals surface area contributed by atoms with Crippen LogP contribution in [0.15, 0.2) is 36.5 Å². The highest BCUT2D eigenvalue weighted by molar-refractivity contribution is 5.94. The van der Waals surface area contributed by atoms with Gasteiger partial charge in [0.05, 0.1) is 18.7 Å². The topological polar surface area (TPSA) is 42.4 Å². The van der Waals surface area contributed by atoms with Crippen molar-refractivity contribution in [1.82, 2.24) is 9.88 Å². The Morgan fingerprint density at radius 1 is 1.12 bits per heavy atom.